The first-order valence-corrected chi connectivity index (χ1v) is 23.1. The summed E-state index contributed by atoms with van der Waals surface area (Å²) in [5.41, 5.74) is 13.5. The molecule has 0 spiro atoms. The highest BCUT2D eigenvalue weighted by Crippen LogP contribution is 2.35. The predicted octanol–water partition coefficient (Wildman–Crippen LogP) is 14.8. The Morgan fingerprint density at radius 3 is 0.764 bits per heavy atom. The molecule has 0 aliphatic heterocycles. The van der Waals surface area contributed by atoms with Gasteiger partial charge in [0.25, 0.3) is 0 Å². The SMILES string of the molecule is CC(C)(C)c1ccc(C=Cc2ccc(N(c3ccc(C=Cc4ccc(C(C)(C)C)cc4)cc3)c3ccc(C=Cc4ccc([Si](C)(C)C)cc4)cc3)cc2)cc1. The summed E-state index contributed by atoms with van der Waals surface area (Å²) in [5.74, 6) is 0. The molecule has 0 saturated carbocycles. The van der Waals surface area contributed by atoms with Crippen LogP contribution >= 0.6 is 0 Å². The fourth-order valence-electron chi connectivity index (χ4n) is 6.51. The van der Waals surface area contributed by atoms with Crippen molar-refractivity contribution in [3.8, 4) is 0 Å². The van der Waals surface area contributed by atoms with Crippen LogP contribution in [-0.4, -0.2) is 8.07 Å². The van der Waals surface area contributed by atoms with Gasteiger partial charge in [0.1, 0.15) is 0 Å². The van der Waals surface area contributed by atoms with Gasteiger partial charge in [0, 0.05) is 17.1 Å². The third-order valence-electron chi connectivity index (χ3n) is 10.2. The maximum atomic E-state index is 2.39. The van der Waals surface area contributed by atoms with E-state index in [-0.39, 0.29) is 10.8 Å². The van der Waals surface area contributed by atoms with Crippen molar-refractivity contribution in [2.24, 2.45) is 0 Å². The molecule has 0 saturated heterocycles. The molecule has 0 aromatic heterocycles. The Hall–Kier alpha value is -5.44. The lowest BCUT2D eigenvalue weighted by Crippen LogP contribution is -2.37. The van der Waals surface area contributed by atoms with Crippen LogP contribution in [0.1, 0.15) is 86.1 Å². The van der Waals surface area contributed by atoms with E-state index >= 15 is 0 Å². The average Bonchev–Trinajstić information content (AvgIpc) is 3.16. The maximum absolute atomic E-state index is 2.39. The largest absolute Gasteiger partial charge is 0.311 e. The van der Waals surface area contributed by atoms with Crippen molar-refractivity contribution < 1.29 is 0 Å². The fraction of sp³-hybridized carbons (Fsp3) is 0.208. The lowest BCUT2D eigenvalue weighted by atomic mass is 9.87. The molecule has 0 fully saturated rings. The van der Waals surface area contributed by atoms with E-state index in [1.54, 1.807) is 0 Å². The van der Waals surface area contributed by atoms with Crippen molar-refractivity contribution in [1.29, 1.82) is 0 Å². The molecule has 6 rings (SSSR count). The highest BCUT2D eigenvalue weighted by Gasteiger charge is 2.16. The van der Waals surface area contributed by atoms with Crippen LogP contribution in [0.4, 0.5) is 17.1 Å². The van der Waals surface area contributed by atoms with Crippen LogP contribution in [0.5, 0.6) is 0 Å². The molecule has 1 nitrogen and oxygen atoms in total. The molecule has 6 aromatic carbocycles. The number of anilines is 3. The minimum Gasteiger partial charge on any atom is -0.311 e. The molecule has 0 radical (unpaired) electrons. The number of hydrogen-bond donors (Lipinski definition) is 0. The Kier molecular flexibility index (Phi) is 11.8. The van der Waals surface area contributed by atoms with E-state index in [2.05, 4.69) is 248 Å². The van der Waals surface area contributed by atoms with Crippen molar-refractivity contribution in [1.82, 2.24) is 0 Å². The van der Waals surface area contributed by atoms with E-state index in [4.69, 9.17) is 0 Å². The van der Waals surface area contributed by atoms with E-state index < -0.39 is 8.07 Å². The molecule has 55 heavy (non-hydrogen) atoms. The van der Waals surface area contributed by atoms with Crippen molar-refractivity contribution in [3.05, 3.63) is 190 Å². The molecule has 278 valence electrons. The number of hydrogen-bond acceptors (Lipinski definition) is 1. The summed E-state index contributed by atoms with van der Waals surface area (Å²) in [5, 5.41) is 1.49. The lowest BCUT2D eigenvalue weighted by Gasteiger charge is -2.26. The number of benzene rings is 6. The minimum atomic E-state index is -1.31. The molecular formula is C53H57NSi. The average molecular weight is 736 g/mol. The lowest BCUT2D eigenvalue weighted by molar-refractivity contribution is 0.590. The van der Waals surface area contributed by atoms with Crippen molar-refractivity contribution in [2.45, 2.75) is 72.0 Å². The Morgan fingerprint density at radius 2 is 0.545 bits per heavy atom. The fourth-order valence-corrected chi connectivity index (χ4v) is 7.68. The minimum absolute atomic E-state index is 0.150. The zero-order valence-electron chi connectivity index (χ0n) is 34.3. The first-order valence-electron chi connectivity index (χ1n) is 19.6. The van der Waals surface area contributed by atoms with Gasteiger partial charge >= 0.3 is 0 Å². The number of rotatable bonds is 10. The van der Waals surface area contributed by atoms with Crippen LogP contribution in [-0.2, 0) is 10.8 Å². The first kappa shape index (κ1) is 39.3. The summed E-state index contributed by atoms with van der Waals surface area (Å²) in [7, 11) is -1.31. The standard InChI is InChI=1S/C53H57NSi/c1-52(2,3)46-28-16-40(17-29-46)10-12-42-20-32-48(33-21-42)54(49-34-22-43(23-35-49)13-11-41-18-30-47(31-19-41)53(4,5)6)50-36-24-44(25-37-50)14-15-45-26-38-51(39-27-45)55(7,8)9/h10-39H,1-9H3. The molecule has 0 atom stereocenters. The van der Waals surface area contributed by atoms with Crippen LogP contribution < -0.4 is 10.1 Å². The van der Waals surface area contributed by atoms with Gasteiger partial charge < -0.3 is 4.90 Å². The van der Waals surface area contributed by atoms with Crippen LogP contribution in [0.3, 0.4) is 0 Å². The molecule has 6 aromatic rings. The Balaban J connectivity index is 1.24. The van der Waals surface area contributed by atoms with E-state index in [0.29, 0.717) is 0 Å². The van der Waals surface area contributed by atoms with Gasteiger partial charge in [-0.1, -0.05) is 212 Å². The summed E-state index contributed by atoms with van der Waals surface area (Å²) in [6.45, 7) is 20.7. The van der Waals surface area contributed by atoms with Gasteiger partial charge in [0.2, 0.25) is 0 Å². The van der Waals surface area contributed by atoms with Gasteiger partial charge in [-0.2, -0.15) is 0 Å². The van der Waals surface area contributed by atoms with Crippen molar-refractivity contribution in [2.75, 3.05) is 4.90 Å². The Labute approximate surface area is 332 Å². The quantitative estimate of drug-likeness (QED) is 0.100. The van der Waals surface area contributed by atoms with Gasteiger partial charge in [-0.25, -0.2) is 0 Å². The molecule has 0 aliphatic carbocycles. The molecule has 0 heterocycles. The second-order valence-electron chi connectivity index (χ2n) is 17.7. The monoisotopic (exact) mass is 735 g/mol. The van der Waals surface area contributed by atoms with Crippen LogP contribution in [0.15, 0.2) is 146 Å². The van der Waals surface area contributed by atoms with E-state index in [1.807, 2.05) is 0 Å². The van der Waals surface area contributed by atoms with Crippen molar-refractivity contribution in [3.63, 3.8) is 0 Å². The predicted molar refractivity (Wildman–Crippen MR) is 248 cm³/mol. The third kappa shape index (κ3) is 10.6. The molecule has 0 aliphatic rings. The molecular weight excluding hydrogens is 679 g/mol. The van der Waals surface area contributed by atoms with Gasteiger partial charge in [-0.05, 0) is 91.7 Å². The summed E-state index contributed by atoms with van der Waals surface area (Å²) in [4.78, 5) is 2.33. The van der Waals surface area contributed by atoms with Gasteiger partial charge in [-0.15, -0.1) is 0 Å². The zero-order valence-corrected chi connectivity index (χ0v) is 35.3. The highest BCUT2D eigenvalue weighted by molar-refractivity contribution is 6.88. The van der Waals surface area contributed by atoms with Crippen LogP contribution in [0.2, 0.25) is 19.6 Å². The molecule has 0 bridgehead atoms. The van der Waals surface area contributed by atoms with Gasteiger partial charge in [0.15, 0.2) is 0 Å². The molecule has 0 N–H and O–H groups in total. The normalized spacial score (nSPS) is 12.6. The Morgan fingerprint density at radius 1 is 0.327 bits per heavy atom. The van der Waals surface area contributed by atoms with E-state index in [0.717, 1.165) is 28.2 Å². The molecule has 0 unspecified atom stereocenters. The van der Waals surface area contributed by atoms with E-state index in [9.17, 15) is 0 Å². The second-order valence-corrected chi connectivity index (χ2v) is 22.8. The van der Waals surface area contributed by atoms with E-state index in [1.165, 1.54) is 38.6 Å². The molecule has 2 heteroatoms. The topological polar surface area (TPSA) is 3.24 Å². The summed E-state index contributed by atoms with van der Waals surface area (Å²) < 4.78 is 0. The van der Waals surface area contributed by atoms with Gasteiger partial charge in [0.05, 0.1) is 8.07 Å². The van der Waals surface area contributed by atoms with Crippen molar-refractivity contribution >= 4 is 66.8 Å². The van der Waals surface area contributed by atoms with Crippen LogP contribution in [0, 0.1) is 0 Å². The Bertz CT molecular complexity index is 1970. The summed E-state index contributed by atoms with van der Waals surface area (Å²) >= 11 is 0. The third-order valence-corrected chi connectivity index (χ3v) is 12.3. The zero-order chi connectivity index (χ0) is 39.2. The number of nitrogens with zero attached hydrogens (tertiary/aromatic N) is 1. The molecule has 0 amide bonds. The summed E-state index contributed by atoms with van der Waals surface area (Å²) in [6.07, 6.45) is 13.2. The smallest absolute Gasteiger partial charge is 0.0775 e. The van der Waals surface area contributed by atoms with Crippen LogP contribution in [0.25, 0.3) is 36.5 Å². The van der Waals surface area contributed by atoms with Gasteiger partial charge in [-0.3, -0.25) is 0 Å². The first-order chi connectivity index (χ1) is 26.1. The maximum Gasteiger partial charge on any atom is 0.0775 e. The summed E-state index contributed by atoms with van der Waals surface area (Å²) in [6, 6.07) is 53.4. The highest BCUT2D eigenvalue weighted by atomic mass is 28.3. The second kappa shape index (κ2) is 16.5.